The quantitative estimate of drug-likeness (QED) is 0.774. The Morgan fingerprint density at radius 2 is 2.06 bits per heavy atom. The van der Waals surface area contributed by atoms with Crippen LogP contribution in [-0.2, 0) is 17.8 Å². The second-order valence-electron chi connectivity index (χ2n) is 4.43. The van der Waals surface area contributed by atoms with Crippen LogP contribution in [-0.4, -0.2) is 28.1 Å². The van der Waals surface area contributed by atoms with Gasteiger partial charge < -0.3 is 10.0 Å². The van der Waals surface area contributed by atoms with Crippen LogP contribution in [0.5, 0.6) is 0 Å². The molecule has 1 N–H and O–H groups in total. The fraction of sp³-hybridized carbons (Fsp3) is 0.462. The van der Waals surface area contributed by atoms with E-state index in [2.05, 4.69) is 6.07 Å². The van der Waals surface area contributed by atoms with Gasteiger partial charge in [-0.2, -0.15) is 0 Å². The number of hydrogen-bond donors (Lipinski definition) is 1. The third kappa shape index (κ3) is 1.95. The molecule has 0 saturated heterocycles. The molecule has 2 rings (SSSR count). The highest BCUT2D eigenvalue weighted by atomic mass is 16.3. The van der Waals surface area contributed by atoms with Crippen molar-refractivity contribution in [3.05, 3.63) is 35.4 Å². The molecule has 1 amide bonds. The van der Waals surface area contributed by atoms with Crippen molar-refractivity contribution in [2.45, 2.75) is 39.0 Å². The first-order valence-electron chi connectivity index (χ1n) is 5.61. The number of carbonyl (C=O) groups is 1. The van der Waals surface area contributed by atoms with Gasteiger partial charge in [0, 0.05) is 13.5 Å². The lowest BCUT2D eigenvalue weighted by Gasteiger charge is -2.38. The van der Waals surface area contributed by atoms with E-state index in [1.54, 1.807) is 18.7 Å². The Hall–Kier alpha value is -1.35. The second kappa shape index (κ2) is 4.26. The largest absolute Gasteiger partial charge is 0.391 e. The van der Waals surface area contributed by atoms with Crippen molar-refractivity contribution in [2.24, 2.45) is 0 Å². The maximum atomic E-state index is 11.5. The summed E-state index contributed by atoms with van der Waals surface area (Å²) in [4.78, 5) is 13.3. The van der Waals surface area contributed by atoms with Crippen molar-refractivity contribution in [1.29, 1.82) is 0 Å². The molecule has 1 aliphatic heterocycles. The molecule has 0 saturated carbocycles. The standard InChI is InChI=1S/C13H17NO2/c1-9(15)13-7-11-5-3-4-6-12(11)8-14(13)10(2)16/h3-6,9,13,15H,7-8H2,1-2H3. The molecule has 16 heavy (non-hydrogen) atoms. The van der Waals surface area contributed by atoms with Crippen molar-refractivity contribution in [3.63, 3.8) is 0 Å². The molecule has 0 radical (unpaired) electrons. The maximum absolute atomic E-state index is 11.5. The average Bonchev–Trinajstić information content (AvgIpc) is 2.27. The normalized spacial score (nSPS) is 21.4. The number of aliphatic hydroxyl groups is 1. The number of fused-ring (bicyclic) bond motifs is 1. The van der Waals surface area contributed by atoms with Gasteiger partial charge in [-0.1, -0.05) is 24.3 Å². The summed E-state index contributed by atoms with van der Waals surface area (Å²) in [5, 5.41) is 9.73. The molecule has 0 aliphatic carbocycles. The number of rotatable bonds is 1. The fourth-order valence-electron chi connectivity index (χ4n) is 2.32. The highest BCUT2D eigenvalue weighted by Gasteiger charge is 2.30. The molecule has 0 bridgehead atoms. The van der Waals surface area contributed by atoms with Crippen LogP contribution in [0.3, 0.4) is 0 Å². The van der Waals surface area contributed by atoms with Crippen molar-refractivity contribution in [1.82, 2.24) is 4.90 Å². The van der Waals surface area contributed by atoms with E-state index in [1.807, 2.05) is 18.2 Å². The summed E-state index contributed by atoms with van der Waals surface area (Å²) >= 11 is 0. The van der Waals surface area contributed by atoms with E-state index in [-0.39, 0.29) is 11.9 Å². The number of hydrogen-bond acceptors (Lipinski definition) is 2. The van der Waals surface area contributed by atoms with Gasteiger partial charge in [0.05, 0.1) is 12.1 Å². The zero-order chi connectivity index (χ0) is 11.7. The molecule has 1 heterocycles. The van der Waals surface area contributed by atoms with Crippen LogP contribution in [0, 0.1) is 0 Å². The summed E-state index contributed by atoms with van der Waals surface area (Å²) in [7, 11) is 0. The lowest BCUT2D eigenvalue weighted by molar-refractivity contribution is -0.134. The zero-order valence-corrected chi connectivity index (χ0v) is 9.68. The Morgan fingerprint density at radius 3 is 2.62 bits per heavy atom. The number of aliphatic hydroxyl groups excluding tert-OH is 1. The van der Waals surface area contributed by atoms with Gasteiger partial charge in [-0.05, 0) is 24.5 Å². The van der Waals surface area contributed by atoms with Gasteiger partial charge in [-0.25, -0.2) is 0 Å². The highest BCUT2D eigenvalue weighted by Crippen LogP contribution is 2.24. The van der Waals surface area contributed by atoms with E-state index in [1.165, 1.54) is 11.1 Å². The predicted molar refractivity (Wildman–Crippen MR) is 61.8 cm³/mol. The zero-order valence-electron chi connectivity index (χ0n) is 9.68. The van der Waals surface area contributed by atoms with Crippen LogP contribution in [0.25, 0.3) is 0 Å². The topological polar surface area (TPSA) is 40.5 Å². The molecular formula is C13H17NO2. The summed E-state index contributed by atoms with van der Waals surface area (Å²) in [5.41, 5.74) is 2.43. The van der Waals surface area contributed by atoms with Crippen molar-refractivity contribution in [3.8, 4) is 0 Å². The maximum Gasteiger partial charge on any atom is 0.220 e. The monoisotopic (exact) mass is 219 g/mol. The van der Waals surface area contributed by atoms with Crippen LogP contribution in [0.1, 0.15) is 25.0 Å². The molecule has 0 spiro atoms. The van der Waals surface area contributed by atoms with Gasteiger partial charge in [0.1, 0.15) is 0 Å². The van der Waals surface area contributed by atoms with Crippen LogP contribution in [0.2, 0.25) is 0 Å². The Labute approximate surface area is 95.7 Å². The van der Waals surface area contributed by atoms with E-state index in [9.17, 15) is 9.90 Å². The summed E-state index contributed by atoms with van der Waals surface area (Å²) in [6.07, 6.45) is 0.255. The predicted octanol–water partition coefficient (Wildman–Crippen LogP) is 1.34. The molecular weight excluding hydrogens is 202 g/mol. The van der Waals surface area contributed by atoms with Gasteiger partial charge in [0.15, 0.2) is 0 Å². The number of carbonyl (C=O) groups excluding carboxylic acids is 1. The molecule has 0 fully saturated rings. The van der Waals surface area contributed by atoms with Gasteiger partial charge >= 0.3 is 0 Å². The summed E-state index contributed by atoms with van der Waals surface area (Å²) in [6.45, 7) is 3.92. The Kier molecular flexibility index (Phi) is 2.97. The molecule has 3 heteroatoms. The van der Waals surface area contributed by atoms with E-state index in [4.69, 9.17) is 0 Å². The van der Waals surface area contributed by atoms with Crippen molar-refractivity contribution in [2.75, 3.05) is 0 Å². The van der Waals surface area contributed by atoms with Crippen LogP contribution in [0.4, 0.5) is 0 Å². The molecule has 86 valence electrons. The molecule has 0 aromatic heterocycles. The van der Waals surface area contributed by atoms with Crippen molar-refractivity contribution < 1.29 is 9.90 Å². The van der Waals surface area contributed by atoms with Gasteiger partial charge in [0.2, 0.25) is 5.91 Å². The first-order chi connectivity index (χ1) is 7.59. The molecule has 1 aromatic carbocycles. The third-order valence-electron chi connectivity index (χ3n) is 3.25. The lowest BCUT2D eigenvalue weighted by Crippen LogP contribution is -2.48. The van der Waals surface area contributed by atoms with Crippen molar-refractivity contribution >= 4 is 5.91 Å². The molecule has 1 aliphatic rings. The number of benzene rings is 1. The van der Waals surface area contributed by atoms with E-state index < -0.39 is 6.10 Å². The molecule has 1 aromatic rings. The second-order valence-corrected chi connectivity index (χ2v) is 4.43. The van der Waals surface area contributed by atoms with Crippen LogP contribution >= 0.6 is 0 Å². The highest BCUT2D eigenvalue weighted by molar-refractivity contribution is 5.74. The molecule has 3 nitrogen and oxygen atoms in total. The fourth-order valence-corrected chi connectivity index (χ4v) is 2.32. The minimum atomic E-state index is -0.489. The van der Waals surface area contributed by atoms with E-state index >= 15 is 0 Å². The Bertz CT molecular complexity index is 401. The first kappa shape index (κ1) is 11.1. The molecule has 2 unspecified atom stereocenters. The average molecular weight is 219 g/mol. The van der Waals surface area contributed by atoms with E-state index in [0.717, 1.165) is 6.42 Å². The minimum absolute atomic E-state index is 0.0282. The number of amides is 1. The number of nitrogens with zero attached hydrogens (tertiary/aromatic N) is 1. The summed E-state index contributed by atoms with van der Waals surface area (Å²) in [6, 6.07) is 8.01. The SMILES string of the molecule is CC(=O)N1Cc2ccccc2CC1C(C)O. The minimum Gasteiger partial charge on any atom is -0.391 e. The van der Waals surface area contributed by atoms with Gasteiger partial charge in [-0.15, -0.1) is 0 Å². The third-order valence-corrected chi connectivity index (χ3v) is 3.25. The lowest BCUT2D eigenvalue weighted by atomic mass is 9.91. The van der Waals surface area contributed by atoms with Gasteiger partial charge in [-0.3, -0.25) is 4.79 Å². The smallest absolute Gasteiger partial charge is 0.220 e. The first-order valence-corrected chi connectivity index (χ1v) is 5.61. The van der Waals surface area contributed by atoms with E-state index in [0.29, 0.717) is 6.54 Å². The Balaban J connectivity index is 2.33. The summed E-state index contributed by atoms with van der Waals surface area (Å²) < 4.78 is 0. The van der Waals surface area contributed by atoms with Crippen LogP contribution in [0.15, 0.2) is 24.3 Å². The molecule has 2 atom stereocenters. The summed E-state index contributed by atoms with van der Waals surface area (Å²) in [5.74, 6) is 0.0282. The van der Waals surface area contributed by atoms with Crippen LogP contribution < -0.4 is 0 Å². The Morgan fingerprint density at radius 1 is 1.44 bits per heavy atom. The van der Waals surface area contributed by atoms with Gasteiger partial charge in [0.25, 0.3) is 0 Å².